The van der Waals surface area contributed by atoms with Crippen molar-refractivity contribution in [2.24, 2.45) is 0 Å². The van der Waals surface area contributed by atoms with Crippen molar-refractivity contribution in [2.45, 2.75) is 6.54 Å². The number of hydrogen-bond acceptors (Lipinski definition) is 2. The molecule has 1 aromatic heterocycles. The van der Waals surface area contributed by atoms with Gasteiger partial charge in [0.25, 0.3) is 5.01 Å². The van der Waals surface area contributed by atoms with E-state index in [0.717, 1.165) is 6.54 Å². The van der Waals surface area contributed by atoms with Crippen molar-refractivity contribution in [3.8, 4) is 0 Å². The summed E-state index contributed by atoms with van der Waals surface area (Å²) < 4.78 is 3.71. The van der Waals surface area contributed by atoms with Crippen LogP contribution in [0.5, 0.6) is 0 Å². The molecule has 3 aromatic rings. The number of aromatic nitrogens is 1. The molecule has 0 saturated carbocycles. The van der Waals surface area contributed by atoms with Crippen LogP contribution in [0.25, 0.3) is 16.3 Å². The first-order valence-electron chi connectivity index (χ1n) is 7.04. The number of fused-ring (bicyclic) bond motifs is 1. The summed E-state index contributed by atoms with van der Waals surface area (Å²) in [6.45, 7) is 0.901. The van der Waals surface area contributed by atoms with Crippen molar-refractivity contribution >= 4 is 27.6 Å². The van der Waals surface area contributed by atoms with Crippen LogP contribution in [-0.2, 0) is 6.54 Å². The van der Waals surface area contributed by atoms with E-state index in [4.69, 9.17) is 0 Å². The van der Waals surface area contributed by atoms with Gasteiger partial charge in [-0.15, -0.1) is 0 Å². The molecule has 0 aliphatic carbocycles. The summed E-state index contributed by atoms with van der Waals surface area (Å²) in [5.41, 5.74) is 2.62. The first-order chi connectivity index (χ1) is 10.2. The van der Waals surface area contributed by atoms with E-state index >= 15 is 0 Å². The van der Waals surface area contributed by atoms with Crippen LogP contribution in [-0.4, -0.2) is 19.0 Å². The van der Waals surface area contributed by atoms with Gasteiger partial charge in [-0.25, -0.2) is 0 Å². The maximum absolute atomic E-state index is 2.38. The molecule has 2 aromatic carbocycles. The molecular weight excluding hydrogens is 312 g/mol. The van der Waals surface area contributed by atoms with Crippen LogP contribution in [0, 0.1) is 0 Å². The third-order valence-corrected chi connectivity index (χ3v) is 4.47. The number of para-hydroxylation sites is 1. The van der Waals surface area contributed by atoms with Crippen LogP contribution in [0.1, 0.15) is 10.6 Å². The van der Waals surface area contributed by atoms with Gasteiger partial charge >= 0.3 is 0 Å². The second-order valence-corrected chi connectivity index (χ2v) is 6.32. The van der Waals surface area contributed by atoms with E-state index in [-0.39, 0.29) is 12.4 Å². The van der Waals surface area contributed by atoms with Crippen molar-refractivity contribution in [3.05, 3.63) is 71.4 Å². The Labute approximate surface area is 141 Å². The van der Waals surface area contributed by atoms with Crippen molar-refractivity contribution in [1.29, 1.82) is 0 Å². The molecule has 4 heteroatoms. The number of nitrogens with zero attached hydrogens (tertiary/aromatic N) is 2. The molecule has 1 heterocycles. The molecule has 0 spiro atoms. The zero-order chi connectivity index (χ0) is 14.7. The summed E-state index contributed by atoms with van der Waals surface area (Å²) in [4.78, 5) is 2.07. The Hall–Kier alpha value is -1.84. The highest BCUT2D eigenvalue weighted by atomic mass is 35.5. The molecule has 0 N–H and O–H groups in total. The van der Waals surface area contributed by atoms with Crippen molar-refractivity contribution < 1.29 is 17.0 Å². The molecule has 22 heavy (non-hydrogen) atoms. The van der Waals surface area contributed by atoms with E-state index in [1.54, 1.807) is 0 Å². The highest BCUT2D eigenvalue weighted by molar-refractivity contribution is 7.18. The Kier molecular flexibility index (Phi) is 5.58. The van der Waals surface area contributed by atoms with E-state index in [9.17, 15) is 0 Å². The minimum absolute atomic E-state index is 0. The SMILES string of the molecule is CN(C)C=Cc1sc2ccccc2[n+]1Cc1ccccc1.[Cl-]. The van der Waals surface area contributed by atoms with Crippen molar-refractivity contribution in [1.82, 2.24) is 4.90 Å². The number of benzene rings is 2. The lowest BCUT2D eigenvalue weighted by Gasteiger charge is -2.02. The summed E-state index contributed by atoms with van der Waals surface area (Å²) >= 11 is 1.83. The fourth-order valence-electron chi connectivity index (χ4n) is 2.32. The minimum Gasteiger partial charge on any atom is -1.00 e. The summed E-state index contributed by atoms with van der Waals surface area (Å²) in [7, 11) is 4.09. The van der Waals surface area contributed by atoms with Gasteiger partial charge in [-0.2, -0.15) is 4.57 Å². The largest absolute Gasteiger partial charge is 1.00 e. The molecule has 0 saturated heterocycles. The smallest absolute Gasteiger partial charge is 0.264 e. The van der Waals surface area contributed by atoms with Crippen LogP contribution >= 0.6 is 11.3 Å². The molecule has 114 valence electrons. The molecule has 0 amide bonds. The normalized spacial score (nSPS) is 10.8. The van der Waals surface area contributed by atoms with Gasteiger partial charge in [-0.1, -0.05) is 53.8 Å². The molecular formula is C18H19ClN2S. The van der Waals surface area contributed by atoms with Crippen LogP contribution in [0.4, 0.5) is 0 Å². The number of rotatable bonds is 4. The first-order valence-corrected chi connectivity index (χ1v) is 7.85. The standard InChI is InChI=1S/C18H19N2S.ClH/c1-19(2)13-12-18-20(14-15-8-4-3-5-9-15)16-10-6-7-11-17(16)21-18;/h3-13H,14H2,1-2H3;1H/q+1;/p-1. The molecule has 0 radical (unpaired) electrons. The second-order valence-electron chi connectivity index (χ2n) is 5.26. The molecule has 0 atom stereocenters. The van der Waals surface area contributed by atoms with Gasteiger partial charge < -0.3 is 17.3 Å². The predicted molar refractivity (Wildman–Crippen MR) is 90.3 cm³/mol. The zero-order valence-electron chi connectivity index (χ0n) is 12.7. The molecule has 0 bridgehead atoms. The zero-order valence-corrected chi connectivity index (χ0v) is 14.3. The van der Waals surface area contributed by atoms with E-state index in [1.165, 1.54) is 20.8 Å². The maximum Gasteiger partial charge on any atom is 0.264 e. The predicted octanol–water partition coefficient (Wildman–Crippen LogP) is 0.773. The Morgan fingerprint density at radius 2 is 1.68 bits per heavy atom. The Morgan fingerprint density at radius 1 is 1.00 bits per heavy atom. The summed E-state index contributed by atoms with van der Waals surface area (Å²) in [6.07, 6.45) is 4.29. The molecule has 3 rings (SSSR count). The van der Waals surface area contributed by atoms with E-state index in [1.807, 2.05) is 25.4 Å². The van der Waals surface area contributed by atoms with Crippen LogP contribution in [0.2, 0.25) is 0 Å². The first kappa shape index (κ1) is 16.5. The third-order valence-electron chi connectivity index (χ3n) is 3.34. The fraction of sp³-hybridized carbons (Fsp3) is 0.167. The average molecular weight is 331 g/mol. The lowest BCUT2D eigenvalue weighted by molar-refractivity contribution is -0.659. The lowest BCUT2D eigenvalue weighted by Crippen LogP contribution is -3.00. The summed E-state index contributed by atoms with van der Waals surface area (Å²) in [5, 5.41) is 1.27. The molecule has 0 aliphatic rings. The van der Waals surface area contributed by atoms with Gasteiger partial charge in [-0.05, 0) is 6.07 Å². The third kappa shape index (κ3) is 3.67. The summed E-state index contributed by atoms with van der Waals surface area (Å²) in [5.74, 6) is 0. The Morgan fingerprint density at radius 3 is 2.41 bits per heavy atom. The highest BCUT2D eigenvalue weighted by Crippen LogP contribution is 2.21. The Balaban J connectivity index is 0.00000176. The monoisotopic (exact) mass is 330 g/mol. The number of hydrogen-bond donors (Lipinski definition) is 0. The molecule has 2 nitrogen and oxygen atoms in total. The van der Waals surface area contributed by atoms with Crippen LogP contribution in [0.15, 0.2) is 60.8 Å². The van der Waals surface area contributed by atoms with Crippen LogP contribution in [0.3, 0.4) is 0 Å². The topological polar surface area (TPSA) is 7.12 Å². The second kappa shape index (κ2) is 7.43. The van der Waals surface area contributed by atoms with Gasteiger partial charge in [0, 0.05) is 38.0 Å². The summed E-state index contributed by atoms with van der Waals surface area (Å²) in [6, 6.07) is 19.2. The van der Waals surface area contributed by atoms with E-state index in [2.05, 4.69) is 76.3 Å². The van der Waals surface area contributed by atoms with Gasteiger partial charge in [0.15, 0.2) is 6.54 Å². The van der Waals surface area contributed by atoms with Gasteiger partial charge in [0.05, 0.1) is 0 Å². The lowest BCUT2D eigenvalue weighted by atomic mass is 10.2. The van der Waals surface area contributed by atoms with Gasteiger partial charge in [-0.3, -0.25) is 0 Å². The minimum atomic E-state index is 0. The van der Waals surface area contributed by atoms with E-state index < -0.39 is 0 Å². The average Bonchev–Trinajstić information content (AvgIpc) is 2.84. The van der Waals surface area contributed by atoms with E-state index in [0.29, 0.717) is 0 Å². The maximum atomic E-state index is 2.38. The highest BCUT2D eigenvalue weighted by Gasteiger charge is 2.18. The Bertz CT molecular complexity index is 763. The number of halogens is 1. The van der Waals surface area contributed by atoms with Gasteiger partial charge in [0.2, 0.25) is 5.52 Å². The van der Waals surface area contributed by atoms with Crippen molar-refractivity contribution in [3.63, 3.8) is 0 Å². The van der Waals surface area contributed by atoms with Gasteiger partial charge in [0.1, 0.15) is 4.70 Å². The molecule has 0 unspecified atom stereocenters. The number of thiazole rings is 1. The molecule has 0 fully saturated rings. The van der Waals surface area contributed by atoms with Crippen molar-refractivity contribution in [2.75, 3.05) is 14.1 Å². The fourth-order valence-corrected chi connectivity index (χ4v) is 3.38. The van der Waals surface area contributed by atoms with Crippen LogP contribution < -0.4 is 17.0 Å². The molecule has 0 aliphatic heterocycles. The quantitative estimate of drug-likeness (QED) is 0.641.